The fourth-order valence-corrected chi connectivity index (χ4v) is 1.98. The van der Waals surface area contributed by atoms with Gasteiger partial charge in [-0.3, -0.25) is 4.79 Å². The number of carbonyl (C=O) groups excluding carboxylic acids is 1. The third kappa shape index (κ3) is 4.35. The largest absolute Gasteiger partial charge is 0.381 e. The minimum atomic E-state index is -0.0674. The zero-order valence-electron chi connectivity index (χ0n) is 14.2. The van der Waals surface area contributed by atoms with Gasteiger partial charge in [-0.25, -0.2) is 0 Å². The lowest BCUT2D eigenvalue weighted by Gasteiger charge is -2.22. The van der Waals surface area contributed by atoms with Crippen molar-refractivity contribution in [1.29, 1.82) is 0 Å². The van der Waals surface area contributed by atoms with E-state index in [1.54, 1.807) is 0 Å². The Morgan fingerprint density at radius 2 is 1.68 bits per heavy atom. The van der Waals surface area contributed by atoms with Crippen molar-refractivity contribution in [1.82, 2.24) is 0 Å². The fraction of sp³-hybridized carbons (Fsp3) is 0.316. The summed E-state index contributed by atoms with van der Waals surface area (Å²) in [6.45, 7) is 10.9. The van der Waals surface area contributed by atoms with E-state index in [1.165, 1.54) is 5.56 Å². The zero-order valence-corrected chi connectivity index (χ0v) is 14.2. The average Bonchev–Trinajstić information content (AvgIpc) is 2.54. The molecule has 2 N–H and O–H groups in total. The fourth-order valence-electron chi connectivity index (χ4n) is 1.98. The first-order valence-corrected chi connectivity index (χ1v) is 7.97. The highest BCUT2D eigenvalue weighted by atomic mass is 16.1. The number of rotatable bonds is 2. The summed E-state index contributed by atoms with van der Waals surface area (Å²) in [6, 6.07) is 13.5. The highest BCUT2D eigenvalue weighted by molar-refractivity contribution is 6.04. The Bertz CT molecular complexity index is 613. The van der Waals surface area contributed by atoms with E-state index in [1.807, 2.05) is 77.1 Å². The number of fused-ring (bicyclic) bond motifs is 1. The molecule has 0 atom stereocenters. The van der Waals surface area contributed by atoms with Crippen LogP contribution in [0.5, 0.6) is 0 Å². The molecule has 3 heteroatoms. The van der Waals surface area contributed by atoms with Gasteiger partial charge in [0.1, 0.15) is 0 Å². The molecule has 1 heterocycles. The van der Waals surface area contributed by atoms with Gasteiger partial charge in [0.25, 0.3) is 5.91 Å². The molecule has 1 aliphatic rings. The van der Waals surface area contributed by atoms with Gasteiger partial charge in [0.2, 0.25) is 0 Å². The standard InChI is InChI=1S/C15H14N2O.2C2H6.2H2/c1-10-2-4-11(5-3-10)15(18)17-13-6-7-14-12(8-13)9-16-14;2*1-2;;/h2-8,16H,9H2,1H3,(H,17,18);2*1-2H3;2*1H. The predicted molar refractivity (Wildman–Crippen MR) is 99.8 cm³/mol. The molecule has 1 aliphatic heterocycles. The van der Waals surface area contributed by atoms with E-state index >= 15 is 0 Å². The highest BCUT2D eigenvalue weighted by Gasteiger charge is 2.13. The summed E-state index contributed by atoms with van der Waals surface area (Å²) >= 11 is 0. The highest BCUT2D eigenvalue weighted by Crippen LogP contribution is 2.28. The summed E-state index contributed by atoms with van der Waals surface area (Å²) in [5.74, 6) is -0.0674. The molecule has 22 heavy (non-hydrogen) atoms. The van der Waals surface area contributed by atoms with E-state index in [-0.39, 0.29) is 8.76 Å². The van der Waals surface area contributed by atoms with Gasteiger partial charge in [-0.05, 0) is 42.8 Å². The van der Waals surface area contributed by atoms with Crippen LogP contribution in [0.3, 0.4) is 0 Å². The average molecular weight is 302 g/mol. The summed E-state index contributed by atoms with van der Waals surface area (Å²) in [5, 5.41) is 6.11. The number of hydrogen-bond donors (Lipinski definition) is 2. The molecule has 3 rings (SSSR count). The SMILES string of the molecule is CC.CC.Cc1ccc(C(=O)Nc2ccc3c(c2)CN3)cc1.[HH].[HH]. The Morgan fingerprint density at radius 1 is 1.05 bits per heavy atom. The Balaban J connectivity index is 0. The Labute approximate surface area is 136 Å². The van der Waals surface area contributed by atoms with Crippen LogP contribution in [0.25, 0.3) is 0 Å². The second-order valence-corrected chi connectivity index (χ2v) is 4.55. The number of nitrogens with one attached hydrogen (secondary N) is 2. The van der Waals surface area contributed by atoms with E-state index < -0.39 is 0 Å². The van der Waals surface area contributed by atoms with Crippen molar-refractivity contribution in [2.24, 2.45) is 0 Å². The molecule has 0 aliphatic carbocycles. The van der Waals surface area contributed by atoms with Crippen LogP contribution in [0.2, 0.25) is 0 Å². The molecular formula is C19H30N2O. The lowest BCUT2D eigenvalue weighted by molar-refractivity contribution is 0.102. The Kier molecular flexibility index (Phi) is 7.17. The predicted octanol–water partition coefficient (Wildman–Crippen LogP) is 5.72. The number of benzene rings is 2. The van der Waals surface area contributed by atoms with Crippen molar-refractivity contribution < 1.29 is 7.65 Å². The monoisotopic (exact) mass is 302 g/mol. The molecule has 0 unspecified atom stereocenters. The maximum atomic E-state index is 12.0. The maximum Gasteiger partial charge on any atom is 0.255 e. The molecule has 2 aromatic rings. The van der Waals surface area contributed by atoms with Crippen LogP contribution in [0.1, 0.15) is 52.0 Å². The summed E-state index contributed by atoms with van der Waals surface area (Å²) in [7, 11) is 0. The van der Waals surface area contributed by atoms with E-state index in [2.05, 4.69) is 10.6 Å². The number of anilines is 2. The van der Waals surface area contributed by atoms with Crippen LogP contribution < -0.4 is 10.6 Å². The van der Waals surface area contributed by atoms with Crippen molar-refractivity contribution in [2.75, 3.05) is 10.6 Å². The molecular weight excluding hydrogens is 272 g/mol. The van der Waals surface area contributed by atoms with Gasteiger partial charge >= 0.3 is 0 Å². The lowest BCUT2D eigenvalue weighted by atomic mass is 10.1. The number of aryl methyl sites for hydroxylation is 1. The zero-order chi connectivity index (χ0) is 16.5. The lowest BCUT2D eigenvalue weighted by Crippen LogP contribution is -2.16. The maximum absolute atomic E-state index is 12.0. The summed E-state index contributed by atoms with van der Waals surface area (Å²) in [6.07, 6.45) is 0. The topological polar surface area (TPSA) is 41.1 Å². The number of carbonyl (C=O) groups is 1. The molecule has 0 spiro atoms. The molecule has 122 valence electrons. The van der Waals surface area contributed by atoms with Crippen LogP contribution in [0, 0.1) is 6.92 Å². The summed E-state index contributed by atoms with van der Waals surface area (Å²) in [4.78, 5) is 12.0. The minimum absolute atomic E-state index is 0. The van der Waals surface area contributed by atoms with Gasteiger partial charge < -0.3 is 10.6 Å². The van der Waals surface area contributed by atoms with Crippen molar-refractivity contribution in [3.05, 3.63) is 59.2 Å². The van der Waals surface area contributed by atoms with Crippen LogP contribution in [0.4, 0.5) is 11.4 Å². The van der Waals surface area contributed by atoms with Crippen molar-refractivity contribution in [2.45, 2.75) is 41.2 Å². The van der Waals surface area contributed by atoms with Crippen molar-refractivity contribution >= 4 is 17.3 Å². The van der Waals surface area contributed by atoms with Crippen molar-refractivity contribution in [3.8, 4) is 0 Å². The van der Waals surface area contributed by atoms with Gasteiger partial charge in [0, 0.05) is 26.3 Å². The van der Waals surface area contributed by atoms with E-state index in [0.29, 0.717) is 5.56 Å². The molecule has 0 bridgehead atoms. The van der Waals surface area contributed by atoms with E-state index in [9.17, 15) is 4.79 Å². The Hall–Kier alpha value is -2.29. The first-order valence-electron chi connectivity index (χ1n) is 7.97. The smallest absolute Gasteiger partial charge is 0.255 e. The molecule has 0 saturated heterocycles. The van der Waals surface area contributed by atoms with Crippen LogP contribution in [0.15, 0.2) is 42.5 Å². The van der Waals surface area contributed by atoms with Crippen molar-refractivity contribution in [3.63, 3.8) is 0 Å². The molecule has 1 amide bonds. The van der Waals surface area contributed by atoms with Gasteiger partial charge in [-0.15, -0.1) is 0 Å². The third-order valence-corrected chi connectivity index (χ3v) is 3.15. The first kappa shape index (κ1) is 17.8. The molecule has 0 radical (unpaired) electrons. The van der Waals surface area contributed by atoms with Crippen LogP contribution in [-0.2, 0) is 6.54 Å². The minimum Gasteiger partial charge on any atom is -0.381 e. The quantitative estimate of drug-likeness (QED) is 0.745. The summed E-state index contributed by atoms with van der Waals surface area (Å²) < 4.78 is 0. The molecule has 3 nitrogen and oxygen atoms in total. The summed E-state index contributed by atoms with van der Waals surface area (Å²) in [5.41, 5.74) is 5.08. The van der Waals surface area contributed by atoms with Gasteiger partial charge in [0.15, 0.2) is 0 Å². The van der Waals surface area contributed by atoms with Crippen LogP contribution >= 0.6 is 0 Å². The van der Waals surface area contributed by atoms with Gasteiger partial charge in [-0.2, -0.15) is 0 Å². The second-order valence-electron chi connectivity index (χ2n) is 4.55. The molecule has 0 aromatic heterocycles. The molecule has 0 saturated carbocycles. The number of hydrogen-bond acceptors (Lipinski definition) is 2. The number of amides is 1. The first-order chi connectivity index (χ1) is 10.7. The molecule has 0 fully saturated rings. The Morgan fingerprint density at radius 3 is 2.18 bits per heavy atom. The van der Waals surface area contributed by atoms with E-state index in [4.69, 9.17) is 0 Å². The molecule has 2 aromatic carbocycles. The van der Waals surface area contributed by atoms with Gasteiger partial charge in [0.05, 0.1) is 0 Å². The van der Waals surface area contributed by atoms with Gasteiger partial charge in [-0.1, -0.05) is 45.4 Å². The van der Waals surface area contributed by atoms with Crippen LogP contribution in [-0.4, -0.2) is 5.91 Å². The second kappa shape index (κ2) is 8.88. The van der Waals surface area contributed by atoms with E-state index in [0.717, 1.165) is 23.5 Å². The normalized spacial score (nSPS) is 10.4. The third-order valence-electron chi connectivity index (χ3n) is 3.15.